The van der Waals surface area contributed by atoms with Crippen LogP contribution in [0, 0.1) is 5.41 Å². The van der Waals surface area contributed by atoms with Crippen molar-refractivity contribution < 1.29 is 5.11 Å². The third-order valence-electron chi connectivity index (χ3n) is 3.43. The molecule has 3 N–H and O–H groups in total. The highest BCUT2D eigenvalue weighted by Gasteiger charge is 2.23. The Labute approximate surface area is 162 Å². The molecule has 0 fully saturated rings. The zero-order chi connectivity index (χ0) is 16.6. The highest BCUT2D eigenvalue weighted by Crippen LogP contribution is 2.23. The van der Waals surface area contributed by atoms with Gasteiger partial charge in [-0.15, -0.1) is 24.0 Å². The van der Waals surface area contributed by atoms with Crippen molar-refractivity contribution >= 4 is 41.3 Å². The number of rotatable bonds is 7. The van der Waals surface area contributed by atoms with Crippen LogP contribution in [0.3, 0.4) is 0 Å². The molecule has 1 unspecified atom stereocenters. The molecule has 1 atom stereocenters. The fraction of sp³-hybridized carbons (Fsp3) is 0.706. The molecule has 0 aliphatic heterocycles. The molecule has 0 aliphatic carbocycles. The van der Waals surface area contributed by atoms with Crippen LogP contribution in [-0.2, 0) is 5.60 Å². The molecule has 0 saturated carbocycles. The summed E-state index contributed by atoms with van der Waals surface area (Å²) < 4.78 is 0. The van der Waals surface area contributed by atoms with Gasteiger partial charge in [0.25, 0.3) is 0 Å². The van der Waals surface area contributed by atoms with Crippen molar-refractivity contribution in [3.8, 4) is 0 Å². The highest BCUT2D eigenvalue weighted by molar-refractivity contribution is 14.0. The van der Waals surface area contributed by atoms with E-state index >= 15 is 0 Å². The minimum Gasteiger partial charge on any atom is -0.383 e. The van der Waals surface area contributed by atoms with Crippen LogP contribution in [0.4, 0.5) is 0 Å². The fourth-order valence-electron chi connectivity index (χ4n) is 2.06. The lowest BCUT2D eigenvalue weighted by molar-refractivity contribution is 0.0677. The summed E-state index contributed by atoms with van der Waals surface area (Å²) in [5.41, 5.74) is 0.359. The molecule has 4 nitrogen and oxygen atoms in total. The van der Waals surface area contributed by atoms with Crippen LogP contribution < -0.4 is 10.6 Å². The van der Waals surface area contributed by atoms with Gasteiger partial charge in [0, 0.05) is 13.1 Å². The largest absolute Gasteiger partial charge is 0.383 e. The Balaban J connectivity index is 0.00000484. The summed E-state index contributed by atoms with van der Waals surface area (Å²) in [6.07, 6.45) is 2.28. The first kappa shape index (κ1) is 22.7. The second-order valence-electron chi connectivity index (χ2n) is 7.07. The number of guanidine groups is 1. The molecule has 1 rings (SSSR count). The van der Waals surface area contributed by atoms with Gasteiger partial charge in [0.1, 0.15) is 5.60 Å². The monoisotopic (exact) mass is 453 g/mol. The molecule has 0 bridgehead atoms. The van der Waals surface area contributed by atoms with E-state index in [2.05, 4.69) is 36.4 Å². The van der Waals surface area contributed by atoms with Crippen molar-refractivity contribution in [2.75, 3.05) is 19.6 Å². The SMILES string of the molecule is CCNC(=NCC(C)(O)c1ccsc1)NCCCC(C)(C)C.I. The maximum absolute atomic E-state index is 10.5. The van der Waals surface area contributed by atoms with E-state index in [1.54, 1.807) is 11.3 Å². The van der Waals surface area contributed by atoms with E-state index in [1.807, 2.05) is 30.7 Å². The summed E-state index contributed by atoms with van der Waals surface area (Å²) in [6, 6.07) is 1.95. The van der Waals surface area contributed by atoms with Crippen LogP contribution in [-0.4, -0.2) is 30.7 Å². The van der Waals surface area contributed by atoms with Crippen LogP contribution >= 0.6 is 35.3 Å². The Morgan fingerprint density at radius 2 is 1.96 bits per heavy atom. The zero-order valence-electron chi connectivity index (χ0n) is 15.0. The van der Waals surface area contributed by atoms with Gasteiger partial charge < -0.3 is 15.7 Å². The minimum absolute atomic E-state index is 0. The normalized spacial score (nSPS) is 14.8. The first-order chi connectivity index (χ1) is 10.2. The van der Waals surface area contributed by atoms with Crippen molar-refractivity contribution in [2.45, 2.75) is 53.1 Å². The van der Waals surface area contributed by atoms with Gasteiger partial charge in [-0.05, 0) is 54.5 Å². The maximum atomic E-state index is 10.5. The van der Waals surface area contributed by atoms with E-state index in [9.17, 15) is 5.11 Å². The van der Waals surface area contributed by atoms with E-state index in [1.165, 1.54) is 6.42 Å². The summed E-state index contributed by atoms with van der Waals surface area (Å²) in [5, 5.41) is 21.0. The average Bonchev–Trinajstić information content (AvgIpc) is 2.94. The number of aliphatic imine (C=N–C) groups is 1. The highest BCUT2D eigenvalue weighted by atomic mass is 127. The fourth-order valence-corrected chi connectivity index (χ4v) is 2.85. The molecule has 134 valence electrons. The van der Waals surface area contributed by atoms with Crippen molar-refractivity contribution in [2.24, 2.45) is 10.4 Å². The lowest BCUT2D eigenvalue weighted by Gasteiger charge is -2.21. The third-order valence-corrected chi connectivity index (χ3v) is 4.11. The number of hydrogen-bond acceptors (Lipinski definition) is 3. The van der Waals surface area contributed by atoms with Gasteiger partial charge in [0.15, 0.2) is 5.96 Å². The number of hydrogen-bond donors (Lipinski definition) is 3. The average molecular weight is 453 g/mol. The zero-order valence-corrected chi connectivity index (χ0v) is 18.1. The molecule has 0 radical (unpaired) electrons. The second kappa shape index (κ2) is 10.5. The first-order valence-electron chi connectivity index (χ1n) is 8.02. The van der Waals surface area contributed by atoms with Crippen LogP contribution in [0.5, 0.6) is 0 Å². The molecule has 0 amide bonds. The number of nitrogens with zero attached hydrogens (tertiary/aromatic N) is 1. The van der Waals surface area contributed by atoms with Gasteiger partial charge in [-0.2, -0.15) is 11.3 Å². The van der Waals surface area contributed by atoms with Crippen molar-refractivity contribution in [3.05, 3.63) is 22.4 Å². The van der Waals surface area contributed by atoms with E-state index in [-0.39, 0.29) is 24.0 Å². The topological polar surface area (TPSA) is 56.7 Å². The number of halogens is 1. The Morgan fingerprint density at radius 3 is 2.48 bits per heavy atom. The van der Waals surface area contributed by atoms with E-state index in [4.69, 9.17) is 0 Å². The predicted molar refractivity (Wildman–Crippen MR) is 112 cm³/mol. The predicted octanol–water partition coefficient (Wildman–Crippen LogP) is 3.96. The van der Waals surface area contributed by atoms with Crippen LogP contribution in [0.2, 0.25) is 0 Å². The van der Waals surface area contributed by atoms with Gasteiger partial charge >= 0.3 is 0 Å². The Morgan fingerprint density at radius 1 is 1.26 bits per heavy atom. The number of aliphatic hydroxyl groups is 1. The lowest BCUT2D eigenvalue weighted by Crippen LogP contribution is -2.39. The number of thiophene rings is 1. The molecule has 0 aliphatic rings. The number of nitrogens with one attached hydrogen (secondary N) is 2. The van der Waals surface area contributed by atoms with Crippen molar-refractivity contribution in [1.82, 2.24) is 10.6 Å². The third kappa shape index (κ3) is 9.52. The Bertz CT molecular complexity index is 453. The molecule has 1 aromatic heterocycles. The summed E-state index contributed by atoms with van der Waals surface area (Å²) in [4.78, 5) is 4.52. The molecule has 6 heteroatoms. The van der Waals surface area contributed by atoms with Crippen LogP contribution in [0.15, 0.2) is 21.8 Å². The first-order valence-corrected chi connectivity index (χ1v) is 8.96. The molecule has 0 spiro atoms. The summed E-state index contributed by atoms with van der Waals surface area (Å²) >= 11 is 1.59. The smallest absolute Gasteiger partial charge is 0.191 e. The molecular weight excluding hydrogens is 421 g/mol. The summed E-state index contributed by atoms with van der Waals surface area (Å²) in [5.74, 6) is 0.770. The van der Waals surface area contributed by atoms with Crippen molar-refractivity contribution in [1.29, 1.82) is 0 Å². The van der Waals surface area contributed by atoms with Crippen LogP contribution in [0.1, 0.15) is 53.0 Å². The van der Waals surface area contributed by atoms with Gasteiger partial charge in [-0.3, -0.25) is 0 Å². The van der Waals surface area contributed by atoms with E-state index < -0.39 is 5.60 Å². The van der Waals surface area contributed by atoms with Crippen molar-refractivity contribution in [3.63, 3.8) is 0 Å². The molecule has 1 aromatic rings. The molecular formula is C17H32IN3OS. The summed E-state index contributed by atoms with van der Waals surface area (Å²) in [6.45, 7) is 12.7. The molecule has 23 heavy (non-hydrogen) atoms. The summed E-state index contributed by atoms with van der Waals surface area (Å²) in [7, 11) is 0. The Hall–Kier alpha value is -0.340. The lowest BCUT2D eigenvalue weighted by atomic mass is 9.91. The minimum atomic E-state index is -0.923. The van der Waals surface area contributed by atoms with Crippen LogP contribution in [0.25, 0.3) is 0 Å². The van der Waals surface area contributed by atoms with E-state index in [0.29, 0.717) is 12.0 Å². The van der Waals surface area contributed by atoms with Gasteiger partial charge in [-0.1, -0.05) is 20.8 Å². The standard InChI is InChI=1S/C17H31N3OS.HI/c1-6-18-15(19-10-7-9-16(2,3)4)20-13-17(5,21)14-8-11-22-12-14;/h8,11-12,21H,6-7,9-10,13H2,1-5H3,(H2,18,19,20);1H. The Kier molecular flexibility index (Phi) is 10.4. The quantitative estimate of drug-likeness (QED) is 0.254. The molecule has 0 aromatic carbocycles. The molecule has 0 saturated heterocycles. The van der Waals surface area contributed by atoms with Gasteiger partial charge in [-0.25, -0.2) is 4.99 Å². The second-order valence-corrected chi connectivity index (χ2v) is 7.85. The molecule has 1 heterocycles. The maximum Gasteiger partial charge on any atom is 0.191 e. The van der Waals surface area contributed by atoms with E-state index in [0.717, 1.165) is 31.0 Å². The van der Waals surface area contributed by atoms with Gasteiger partial charge in [0.05, 0.1) is 6.54 Å². The van der Waals surface area contributed by atoms with Gasteiger partial charge in [0.2, 0.25) is 0 Å².